The molecule has 2 aromatic rings. The predicted molar refractivity (Wildman–Crippen MR) is 77.5 cm³/mol. The van der Waals surface area contributed by atoms with Gasteiger partial charge in [0.2, 0.25) is 0 Å². The van der Waals surface area contributed by atoms with Crippen LogP contribution in [-0.4, -0.2) is 12.2 Å². The summed E-state index contributed by atoms with van der Waals surface area (Å²) in [6.45, 7) is 3.82. The Morgan fingerprint density at radius 3 is 2.29 bits per heavy atom. The van der Waals surface area contributed by atoms with Gasteiger partial charge in [-0.05, 0) is 37.1 Å². The summed E-state index contributed by atoms with van der Waals surface area (Å²) >= 11 is 0. The third-order valence-corrected chi connectivity index (χ3v) is 3.73. The fourth-order valence-electron chi connectivity index (χ4n) is 2.38. The zero-order valence-corrected chi connectivity index (χ0v) is 12.3. The first-order chi connectivity index (χ1) is 9.95. The maximum atomic E-state index is 13.7. The first kappa shape index (κ1) is 15.4. The summed E-state index contributed by atoms with van der Waals surface area (Å²) in [5.74, 6) is -0.757. The zero-order valence-electron chi connectivity index (χ0n) is 12.3. The van der Waals surface area contributed by atoms with E-state index in [4.69, 9.17) is 4.74 Å². The van der Waals surface area contributed by atoms with E-state index in [1.807, 2.05) is 19.9 Å². The molecule has 0 saturated carbocycles. The SMILES string of the molecule is COc1c(C(O)Cc2c(F)cccc2F)ccc(C)c1C. The number of ether oxygens (including phenoxy) is 1. The van der Waals surface area contributed by atoms with Gasteiger partial charge < -0.3 is 9.84 Å². The molecule has 0 bridgehead atoms. The molecule has 0 spiro atoms. The van der Waals surface area contributed by atoms with Crippen molar-refractivity contribution in [3.8, 4) is 5.75 Å². The van der Waals surface area contributed by atoms with Crippen LogP contribution >= 0.6 is 0 Å². The van der Waals surface area contributed by atoms with Crippen molar-refractivity contribution in [3.05, 3.63) is 64.2 Å². The minimum Gasteiger partial charge on any atom is -0.496 e. The highest BCUT2D eigenvalue weighted by Crippen LogP contribution is 2.33. The molecule has 2 aromatic carbocycles. The Hall–Kier alpha value is -1.94. The van der Waals surface area contributed by atoms with Crippen molar-refractivity contribution in [2.45, 2.75) is 26.4 Å². The number of hydrogen-bond acceptors (Lipinski definition) is 2. The summed E-state index contributed by atoms with van der Waals surface area (Å²) in [7, 11) is 1.52. The molecule has 0 aliphatic heterocycles. The monoisotopic (exact) mass is 292 g/mol. The lowest BCUT2D eigenvalue weighted by Gasteiger charge is -2.18. The summed E-state index contributed by atoms with van der Waals surface area (Å²) in [6.07, 6.45) is -1.18. The van der Waals surface area contributed by atoms with E-state index in [1.165, 1.54) is 25.3 Å². The molecular weight excluding hydrogens is 274 g/mol. The number of aryl methyl sites for hydroxylation is 1. The van der Waals surface area contributed by atoms with Crippen LogP contribution < -0.4 is 4.74 Å². The van der Waals surface area contributed by atoms with Gasteiger partial charge in [-0.1, -0.05) is 18.2 Å². The minimum atomic E-state index is -1.04. The van der Waals surface area contributed by atoms with Gasteiger partial charge >= 0.3 is 0 Å². The van der Waals surface area contributed by atoms with Crippen LogP contribution in [0, 0.1) is 25.5 Å². The Balaban J connectivity index is 2.37. The highest BCUT2D eigenvalue weighted by molar-refractivity contribution is 5.46. The highest BCUT2D eigenvalue weighted by Gasteiger charge is 2.20. The van der Waals surface area contributed by atoms with E-state index in [-0.39, 0.29) is 12.0 Å². The van der Waals surface area contributed by atoms with Gasteiger partial charge in [0.25, 0.3) is 0 Å². The van der Waals surface area contributed by atoms with Crippen molar-refractivity contribution in [2.24, 2.45) is 0 Å². The molecule has 0 heterocycles. The second-order valence-electron chi connectivity index (χ2n) is 5.05. The van der Waals surface area contributed by atoms with Crippen LogP contribution in [0.15, 0.2) is 30.3 Å². The number of aliphatic hydroxyl groups is 1. The van der Waals surface area contributed by atoms with Gasteiger partial charge in [-0.3, -0.25) is 0 Å². The summed E-state index contributed by atoms with van der Waals surface area (Å²) in [4.78, 5) is 0. The maximum absolute atomic E-state index is 13.7. The molecule has 1 atom stereocenters. The van der Waals surface area contributed by atoms with Crippen LogP contribution in [0.4, 0.5) is 8.78 Å². The molecule has 1 unspecified atom stereocenters. The lowest BCUT2D eigenvalue weighted by Crippen LogP contribution is -2.08. The maximum Gasteiger partial charge on any atom is 0.129 e. The van der Waals surface area contributed by atoms with E-state index in [2.05, 4.69) is 0 Å². The Kier molecular flexibility index (Phi) is 4.58. The van der Waals surface area contributed by atoms with Gasteiger partial charge in [-0.2, -0.15) is 0 Å². The van der Waals surface area contributed by atoms with Crippen LogP contribution in [0.3, 0.4) is 0 Å². The molecular formula is C17H18F2O2. The Labute approximate surface area is 123 Å². The zero-order chi connectivity index (χ0) is 15.6. The summed E-state index contributed by atoms with van der Waals surface area (Å²) < 4.78 is 32.7. The minimum absolute atomic E-state index is 0.120. The molecule has 2 rings (SSSR count). The number of aliphatic hydroxyl groups excluding tert-OH is 1. The van der Waals surface area contributed by atoms with Crippen molar-refractivity contribution < 1.29 is 18.6 Å². The molecule has 0 aliphatic rings. The van der Waals surface area contributed by atoms with Gasteiger partial charge in [0.1, 0.15) is 17.4 Å². The predicted octanol–water partition coefficient (Wildman–Crippen LogP) is 3.87. The molecule has 0 saturated heterocycles. The topological polar surface area (TPSA) is 29.5 Å². The molecule has 1 N–H and O–H groups in total. The second-order valence-corrected chi connectivity index (χ2v) is 5.05. The second kappa shape index (κ2) is 6.22. The van der Waals surface area contributed by atoms with E-state index >= 15 is 0 Å². The van der Waals surface area contributed by atoms with Crippen molar-refractivity contribution in [1.82, 2.24) is 0 Å². The molecule has 112 valence electrons. The Morgan fingerprint density at radius 2 is 1.71 bits per heavy atom. The number of hydrogen-bond donors (Lipinski definition) is 1. The molecule has 0 amide bonds. The van der Waals surface area contributed by atoms with Crippen LogP contribution in [0.1, 0.15) is 28.4 Å². The van der Waals surface area contributed by atoms with Crippen molar-refractivity contribution in [3.63, 3.8) is 0 Å². The molecule has 0 radical (unpaired) electrons. The summed E-state index contributed by atoms with van der Waals surface area (Å²) in [6, 6.07) is 7.25. The largest absolute Gasteiger partial charge is 0.496 e. The highest BCUT2D eigenvalue weighted by atomic mass is 19.1. The third-order valence-electron chi connectivity index (χ3n) is 3.73. The molecule has 0 aliphatic carbocycles. The normalized spacial score (nSPS) is 12.3. The van der Waals surface area contributed by atoms with E-state index in [1.54, 1.807) is 6.07 Å². The van der Waals surface area contributed by atoms with E-state index in [9.17, 15) is 13.9 Å². The number of rotatable bonds is 4. The molecule has 2 nitrogen and oxygen atoms in total. The lowest BCUT2D eigenvalue weighted by molar-refractivity contribution is 0.171. The Bertz CT molecular complexity index is 633. The first-order valence-electron chi connectivity index (χ1n) is 6.70. The third kappa shape index (κ3) is 3.05. The van der Waals surface area contributed by atoms with Gasteiger partial charge in [0, 0.05) is 17.5 Å². The van der Waals surface area contributed by atoms with Gasteiger partial charge in [-0.25, -0.2) is 8.78 Å². The fourth-order valence-corrected chi connectivity index (χ4v) is 2.38. The average molecular weight is 292 g/mol. The summed E-state index contributed by atoms with van der Waals surface area (Å²) in [5.41, 5.74) is 2.34. The van der Waals surface area contributed by atoms with E-state index in [0.29, 0.717) is 11.3 Å². The van der Waals surface area contributed by atoms with Crippen LogP contribution in [0.5, 0.6) is 5.75 Å². The number of benzene rings is 2. The lowest BCUT2D eigenvalue weighted by atomic mass is 9.96. The average Bonchev–Trinajstić information content (AvgIpc) is 2.45. The van der Waals surface area contributed by atoms with Crippen molar-refractivity contribution in [2.75, 3.05) is 7.11 Å². The molecule has 0 aromatic heterocycles. The first-order valence-corrected chi connectivity index (χ1v) is 6.70. The standard InChI is InChI=1S/C17H18F2O2/c1-10-7-8-12(17(21-3)11(10)2)16(20)9-13-14(18)5-4-6-15(13)19/h4-8,16,20H,9H2,1-3H3. The van der Waals surface area contributed by atoms with Gasteiger partial charge in [0.15, 0.2) is 0 Å². The van der Waals surface area contributed by atoms with Crippen LogP contribution in [0.25, 0.3) is 0 Å². The van der Waals surface area contributed by atoms with Crippen molar-refractivity contribution >= 4 is 0 Å². The van der Waals surface area contributed by atoms with Crippen molar-refractivity contribution in [1.29, 1.82) is 0 Å². The van der Waals surface area contributed by atoms with Crippen LogP contribution in [0.2, 0.25) is 0 Å². The number of methoxy groups -OCH3 is 1. The number of halogens is 2. The van der Waals surface area contributed by atoms with E-state index < -0.39 is 17.7 Å². The van der Waals surface area contributed by atoms with Crippen LogP contribution in [-0.2, 0) is 6.42 Å². The smallest absolute Gasteiger partial charge is 0.129 e. The van der Waals surface area contributed by atoms with E-state index in [0.717, 1.165) is 11.1 Å². The van der Waals surface area contributed by atoms with Gasteiger partial charge in [0.05, 0.1) is 13.2 Å². The fraction of sp³-hybridized carbons (Fsp3) is 0.294. The quantitative estimate of drug-likeness (QED) is 0.927. The molecule has 4 heteroatoms. The Morgan fingerprint density at radius 1 is 1.10 bits per heavy atom. The molecule has 21 heavy (non-hydrogen) atoms. The molecule has 0 fully saturated rings. The summed E-state index contributed by atoms with van der Waals surface area (Å²) in [5, 5.41) is 10.3. The van der Waals surface area contributed by atoms with Gasteiger partial charge in [-0.15, -0.1) is 0 Å².